The second kappa shape index (κ2) is 4.55. The van der Waals surface area contributed by atoms with Crippen molar-refractivity contribution in [1.82, 2.24) is 0 Å². The molecule has 4 N–H and O–H groups in total. The van der Waals surface area contributed by atoms with Crippen LogP contribution in [0.5, 0.6) is 0 Å². The predicted molar refractivity (Wildman–Crippen MR) is 45.5 cm³/mol. The molecule has 1 amide bonds. The van der Waals surface area contributed by atoms with Gasteiger partial charge in [-0.25, -0.2) is 0 Å². The number of nitrogens with two attached hydrogens (primary N) is 2. The molecule has 0 unspecified atom stereocenters. The summed E-state index contributed by atoms with van der Waals surface area (Å²) < 4.78 is 0. The highest BCUT2D eigenvalue weighted by molar-refractivity contribution is 5.94. The van der Waals surface area contributed by atoms with Gasteiger partial charge in [0.25, 0.3) is 0 Å². The van der Waals surface area contributed by atoms with Crippen molar-refractivity contribution >= 4 is 5.91 Å². The Hall–Kier alpha value is -1.25. The van der Waals surface area contributed by atoms with E-state index in [1.165, 1.54) is 0 Å². The summed E-state index contributed by atoms with van der Waals surface area (Å²) in [7, 11) is 0. The normalized spacial score (nSPS) is 13.3. The fourth-order valence-corrected chi connectivity index (χ4v) is 0.599. The Morgan fingerprint density at radius 3 is 2.27 bits per heavy atom. The van der Waals surface area contributed by atoms with E-state index in [1.807, 2.05) is 6.92 Å². The zero-order valence-electron chi connectivity index (χ0n) is 6.92. The minimum atomic E-state index is -0.441. The first-order chi connectivity index (χ1) is 5.11. The highest BCUT2D eigenvalue weighted by Crippen LogP contribution is 2.00. The zero-order chi connectivity index (χ0) is 8.85. The molecule has 0 aliphatic carbocycles. The molecule has 0 heterocycles. The van der Waals surface area contributed by atoms with Gasteiger partial charge in [0.2, 0.25) is 5.91 Å². The quantitative estimate of drug-likeness (QED) is 0.463. The van der Waals surface area contributed by atoms with Gasteiger partial charge in [-0.15, -0.1) is 0 Å². The van der Waals surface area contributed by atoms with E-state index in [2.05, 4.69) is 0 Å². The van der Waals surface area contributed by atoms with Gasteiger partial charge >= 0.3 is 0 Å². The van der Waals surface area contributed by atoms with Crippen LogP contribution in [0, 0.1) is 0 Å². The van der Waals surface area contributed by atoms with Crippen LogP contribution in [-0.4, -0.2) is 5.91 Å². The monoisotopic (exact) mass is 154 g/mol. The lowest BCUT2D eigenvalue weighted by Gasteiger charge is -1.97. The molecule has 0 aromatic carbocycles. The Balaban J connectivity index is 4.45. The van der Waals surface area contributed by atoms with E-state index < -0.39 is 5.91 Å². The molecule has 0 saturated carbocycles. The molecule has 3 nitrogen and oxygen atoms in total. The van der Waals surface area contributed by atoms with Crippen molar-refractivity contribution in [2.45, 2.75) is 20.3 Å². The number of carbonyl (C=O) groups is 1. The van der Waals surface area contributed by atoms with Crippen molar-refractivity contribution in [3.05, 3.63) is 23.4 Å². The first kappa shape index (κ1) is 9.75. The van der Waals surface area contributed by atoms with Crippen LogP contribution >= 0.6 is 0 Å². The molecule has 0 rings (SSSR count). The van der Waals surface area contributed by atoms with Crippen LogP contribution in [0.1, 0.15) is 20.3 Å². The summed E-state index contributed by atoms with van der Waals surface area (Å²) in [6.45, 7) is 3.67. The van der Waals surface area contributed by atoms with Crippen molar-refractivity contribution in [2.24, 2.45) is 11.5 Å². The van der Waals surface area contributed by atoms with E-state index in [0.29, 0.717) is 11.3 Å². The molecule has 3 heteroatoms. The van der Waals surface area contributed by atoms with Gasteiger partial charge in [0.1, 0.15) is 0 Å². The molecule has 0 radical (unpaired) electrons. The number of hydrogen-bond donors (Lipinski definition) is 2. The molecule has 0 aromatic heterocycles. The van der Waals surface area contributed by atoms with Gasteiger partial charge in [-0.2, -0.15) is 0 Å². The lowest BCUT2D eigenvalue weighted by Crippen LogP contribution is -2.13. The highest BCUT2D eigenvalue weighted by atomic mass is 16.1. The summed E-state index contributed by atoms with van der Waals surface area (Å²) >= 11 is 0. The van der Waals surface area contributed by atoms with E-state index in [4.69, 9.17) is 11.5 Å². The fourth-order valence-electron chi connectivity index (χ4n) is 0.599. The lowest BCUT2D eigenvalue weighted by molar-refractivity contribution is -0.114. The number of rotatable bonds is 3. The zero-order valence-corrected chi connectivity index (χ0v) is 6.92. The second-order valence-electron chi connectivity index (χ2n) is 2.18. The molecule has 11 heavy (non-hydrogen) atoms. The van der Waals surface area contributed by atoms with Crippen LogP contribution in [0.15, 0.2) is 23.4 Å². The number of hydrogen-bond acceptors (Lipinski definition) is 2. The van der Waals surface area contributed by atoms with Gasteiger partial charge in [0.05, 0.1) is 0 Å². The van der Waals surface area contributed by atoms with Crippen LogP contribution in [0.25, 0.3) is 0 Å². The maximum absolute atomic E-state index is 10.6. The fraction of sp³-hybridized carbons (Fsp3) is 0.375. The van der Waals surface area contributed by atoms with Crippen molar-refractivity contribution < 1.29 is 4.79 Å². The Morgan fingerprint density at radius 1 is 1.45 bits per heavy atom. The van der Waals surface area contributed by atoms with Gasteiger partial charge in [0.15, 0.2) is 0 Å². The van der Waals surface area contributed by atoms with E-state index in [9.17, 15) is 4.79 Å². The Kier molecular flexibility index (Phi) is 4.03. The van der Waals surface area contributed by atoms with E-state index in [-0.39, 0.29) is 0 Å². The molecule has 0 fully saturated rings. The minimum Gasteiger partial charge on any atom is -0.402 e. The third-order valence-corrected chi connectivity index (χ3v) is 1.34. The second-order valence-corrected chi connectivity index (χ2v) is 2.18. The Labute approximate surface area is 66.8 Å². The standard InChI is InChI=1S/C8H14N2O/c1-3-6(8(10)11)5-7(9)4-2/h3,5H,4,9H2,1-2H3,(H2,10,11)/b6-3+,7-5+. The molecular weight excluding hydrogens is 140 g/mol. The van der Waals surface area contributed by atoms with Gasteiger partial charge in [-0.05, 0) is 19.4 Å². The summed E-state index contributed by atoms with van der Waals surface area (Å²) in [5, 5.41) is 0. The number of carbonyl (C=O) groups excluding carboxylic acids is 1. The van der Waals surface area contributed by atoms with E-state index in [0.717, 1.165) is 6.42 Å². The maximum atomic E-state index is 10.6. The van der Waals surface area contributed by atoms with E-state index in [1.54, 1.807) is 19.1 Å². The molecule has 0 saturated heterocycles. The van der Waals surface area contributed by atoms with Crippen LogP contribution in [0.3, 0.4) is 0 Å². The molecule has 0 aliphatic rings. The summed E-state index contributed by atoms with van der Waals surface area (Å²) in [5.41, 5.74) is 11.7. The minimum absolute atomic E-state index is 0.441. The third kappa shape index (κ3) is 3.45. The van der Waals surface area contributed by atoms with Crippen LogP contribution in [-0.2, 0) is 4.79 Å². The molecule has 0 bridgehead atoms. The van der Waals surface area contributed by atoms with Gasteiger partial charge in [-0.3, -0.25) is 4.79 Å². The third-order valence-electron chi connectivity index (χ3n) is 1.34. The maximum Gasteiger partial charge on any atom is 0.248 e. The molecule has 0 aliphatic heterocycles. The van der Waals surface area contributed by atoms with Gasteiger partial charge in [0, 0.05) is 11.3 Å². The summed E-state index contributed by atoms with van der Waals surface area (Å²) in [5.74, 6) is -0.441. The van der Waals surface area contributed by atoms with E-state index >= 15 is 0 Å². The molecule has 62 valence electrons. The average Bonchev–Trinajstić information content (AvgIpc) is 1.99. The molecule has 0 spiro atoms. The van der Waals surface area contributed by atoms with Crippen LogP contribution < -0.4 is 11.5 Å². The first-order valence-electron chi connectivity index (χ1n) is 3.54. The smallest absolute Gasteiger partial charge is 0.248 e. The number of primary amides is 1. The molecule has 0 atom stereocenters. The van der Waals surface area contributed by atoms with Crippen molar-refractivity contribution in [2.75, 3.05) is 0 Å². The topological polar surface area (TPSA) is 69.1 Å². The summed E-state index contributed by atoms with van der Waals surface area (Å²) in [6, 6.07) is 0. The van der Waals surface area contributed by atoms with Gasteiger partial charge < -0.3 is 11.5 Å². The highest BCUT2D eigenvalue weighted by Gasteiger charge is 1.98. The summed E-state index contributed by atoms with van der Waals surface area (Å²) in [4.78, 5) is 10.6. The largest absolute Gasteiger partial charge is 0.402 e. The first-order valence-corrected chi connectivity index (χ1v) is 3.54. The summed E-state index contributed by atoms with van der Waals surface area (Å²) in [6.07, 6.45) is 3.97. The number of allylic oxidation sites excluding steroid dienone is 2. The molecule has 0 aromatic rings. The van der Waals surface area contributed by atoms with Crippen LogP contribution in [0.2, 0.25) is 0 Å². The Morgan fingerprint density at radius 2 is 2.00 bits per heavy atom. The Bertz CT molecular complexity index is 204. The predicted octanol–water partition coefficient (Wildman–Crippen LogP) is 0.671. The van der Waals surface area contributed by atoms with Crippen molar-refractivity contribution in [3.8, 4) is 0 Å². The lowest BCUT2D eigenvalue weighted by atomic mass is 10.2. The van der Waals surface area contributed by atoms with Crippen LogP contribution in [0.4, 0.5) is 0 Å². The SMILES string of the molecule is C/C=C(\C=C(\N)CC)C(N)=O. The van der Waals surface area contributed by atoms with Crippen molar-refractivity contribution in [1.29, 1.82) is 0 Å². The number of amides is 1. The van der Waals surface area contributed by atoms with Crippen molar-refractivity contribution in [3.63, 3.8) is 0 Å². The molecular formula is C8H14N2O. The van der Waals surface area contributed by atoms with Gasteiger partial charge in [-0.1, -0.05) is 13.0 Å². The average molecular weight is 154 g/mol.